The van der Waals surface area contributed by atoms with Gasteiger partial charge in [0, 0.05) is 23.2 Å². The van der Waals surface area contributed by atoms with Crippen LogP contribution in [0.25, 0.3) is 0 Å². The maximum atomic E-state index is 9.66. The van der Waals surface area contributed by atoms with E-state index in [9.17, 15) is 10.2 Å². The Balaban J connectivity index is 2.19. The Morgan fingerprint density at radius 2 is 2.24 bits per heavy atom. The van der Waals surface area contributed by atoms with E-state index in [2.05, 4.69) is 20.8 Å². The first-order chi connectivity index (χ1) is 8.08. The molecule has 94 valence electrons. The number of benzene rings is 1. The van der Waals surface area contributed by atoms with Gasteiger partial charge in [-0.1, -0.05) is 22.0 Å². The zero-order chi connectivity index (χ0) is 12.4. The van der Waals surface area contributed by atoms with E-state index in [4.69, 9.17) is 0 Å². The second-order valence-corrected chi connectivity index (χ2v) is 5.48. The van der Waals surface area contributed by atoms with E-state index in [1.54, 1.807) is 6.92 Å². The maximum absolute atomic E-state index is 9.66. The van der Waals surface area contributed by atoms with Crippen molar-refractivity contribution >= 4 is 21.6 Å². The molecule has 2 atom stereocenters. The predicted octanol–water partition coefficient (Wildman–Crippen LogP) is 2.46. The number of anilines is 1. The Bertz CT molecular complexity index is 395. The summed E-state index contributed by atoms with van der Waals surface area (Å²) in [6.45, 7) is 3.43. The van der Waals surface area contributed by atoms with Crippen LogP contribution in [0, 0.1) is 0 Å². The lowest BCUT2D eigenvalue weighted by molar-refractivity contribution is 0.154. The van der Waals surface area contributed by atoms with Gasteiger partial charge in [0.25, 0.3) is 0 Å². The minimum atomic E-state index is -0.467. The van der Waals surface area contributed by atoms with E-state index < -0.39 is 6.10 Å². The smallest absolute Gasteiger partial charge is 0.0772 e. The molecule has 0 radical (unpaired) electrons. The van der Waals surface area contributed by atoms with Crippen molar-refractivity contribution in [3.63, 3.8) is 0 Å². The lowest BCUT2D eigenvalue weighted by atomic mass is 10.1. The molecule has 0 saturated carbocycles. The van der Waals surface area contributed by atoms with Crippen LogP contribution < -0.4 is 4.90 Å². The van der Waals surface area contributed by atoms with Gasteiger partial charge in [0.1, 0.15) is 0 Å². The molecule has 0 amide bonds. The van der Waals surface area contributed by atoms with E-state index in [0.29, 0.717) is 6.54 Å². The van der Waals surface area contributed by atoms with Gasteiger partial charge in [-0.3, -0.25) is 0 Å². The molecule has 1 unspecified atom stereocenters. The minimum Gasteiger partial charge on any atom is -0.391 e. The summed E-state index contributed by atoms with van der Waals surface area (Å²) in [4.78, 5) is 2.19. The zero-order valence-electron chi connectivity index (χ0n) is 9.93. The van der Waals surface area contributed by atoms with Crippen LogP contribution in [0.3, 0.4) is 0 Å². The van der Waals surface area contributed by atoms with Crippen LogP contribution in [-0.4, -0.2) is 29.4 Å². The van der Waals surface area contributed by atoms with Crippen molar-refractivity contribution in [1.29, 1.82) is 0 Å². The fourth-order valence-corrected chi connectivity index (χ4v) is 2.94. The molecular formula is C13H18BrNO2. The van der Waals surface area contributed by atoms with E-state index in [0.717, 1.165) is 35.1 Å². The summed E-state index contributed by atoms with van der Waals surface area (Å²) in [6, 6.07) is 5.95. The third-order valence-corrected chi connectivity index (χ3v) is 3.88. The molecule has 0 aromatic heterocycles. The summed E-state index contributed by atoms with van der Waals surface area (Å²) in [5.41, 5.74) is 1.99. The van der Waals surface area contributed by atoms with E-state index in [1.807, 2.05) is 18.2 Å². The third-order valence-electron chi connectivity index (χ3n) is 3.20. The number of hydrogen-bond acceptors (Lipinski definition) is 3. The molecule has 1 saturated heterocycles. The largest absolute Gasteiger partial charge is 0.391 e. The van der Waals surface area contributed by atoms with Crippen LogP contribution in [0.4, 0.5) is 5.69 Å². The number of piperidine rings is 1. The van der Waals surface area contributed by atoms with Gasteiger partial charge >= 0.3 is 0 Å². The highest BCUT2D eigenvalue weighted by molar-refractivity contribution is 9.10. The molecular weight excluding hydrogens is 282 g/mol. The summed E-state index contributed by atoms with van der Waals surface area (Å²) in [7, 11) is 0. The van der Waals surface area contributed by atoms with Gasteiger partial charge in [0.05, 0.1) is 12.2 Å². The standard InChI is InChI=1S/C13H18BrNO2/c1-9(16)12-5-4-10(7-13(12)14)15-6-2-3-11(17)8-15/h4-5,7,9,11,16-17H,2-3,6,8H2,1H3/t9-,11?/m0/s1. The molecule has 2 N–H and O–H groups in total. The Morgan fingerprint density at radius 3 is 2.82 bits per heavy atom. The normalized spacial score (nSPS) is 22.6. The molecule has 17 heavy (non-hydrogen) atoms. The Kier molecular flexibility index (Phi) is 4.07. The molecule has 1 fully saturated rings. The van der Waals surface area contributed by atoms with Crippen LogP contribution in [-0.2, 0) is 0 Å². The number of hydrogen-bond donors (Lipinski definition) is 2. The fraction of sp³-hybridized carbons (Fsp3) is 0.538. The van der Waals surface area contributed by atoms with Crippen molar-refractivity contribution < 1.29 is 10.2 Å². The second-order valence-electron chi connectivity index (χ2n) is 4.62. The average molecular weight is 300 g/mol. The van der Waals surface area contributed by atoms with Crippen LogP contribution in [0.15, 0.2) is 22.7 Å². The molecule has 2 rings (SSSR count). The number of halogens is 1. The van der Waals surface area contributed by atoms with Crippen molar-refractivity contribution in [3.05, 3.63) is 28.2 Å². The number of β-amino-alcohol motifs (C(OH)–C–C–N with tert-alkyl or cyclic N) is 1. The molecule has 0 spiro atoms. The summed E-state index contributed by atoms with van der Waals surface area (Å²) in [6.07, 6.45) is 1.23. The molecule has 1 aromatic carbocycles. The zero-order valence-corrected chi connectivity index (χ0v) is 11.5. The van der Waals surface area contributed by atoms with E-state index in [-0.39, 0.29) is 6.10 Å². The van der Waals surface area contributed by atoms with Crippen LogP contribution in [0.1, 0.15) is 31.4 Å². The number of aliphatic hydroxyl groups excluding tert-OH is 2. The summed E-state index contributed by atoms with van der Waals surface area (Å²) >= 11 is 3.48. The first-order valence-electron chi connectivity index (χ1n) is 5.98. The topological polar surface area (TPSA) is 43.7 Å². The van der Waals surface area contributed by atoms with Crippen molar-refractivity contribution in [2.24, 2.45) is 0 Å². The van der Waals surface area contributed by atoms with Crippen molar-refractivity contribution in [2.45, 2.75) is 32.0 Å². The van der Waals surface area contributed by atoms with Crippen molar-refractivity contribution in [3.8, 4) is 0 Å². The highest BCUT2D eigenvalue weighted by Crippen LogP contribution is 2.29. The van der Waals surface area contributed by atoms with Gasteiger partial charge in [-0.25, -0.2) is 0 Å². The highest BCUT2D eigenvalue weighted by Gasteiger charge is 2.18. The van der Waals surface area contributed by atoms with Gasteiger partial charge in [0.2, 0.25) is 0 Å². The Morgan fingerprint density at radius 1 is 1.47 bits per heavy atom. The van der Waals surface area contributed by atoms with Gasteiger partial charge < -0.3 is 15.1 Å². The van der Waals surface area contributed by atoms with E-state index >= 15 is 0 Å². The lowest BCUT2D eigenvalue weighted by Crippen LogP contribution is -2.38. The molecule has 1 aromatic rings. The summed E-state index contributed by atoms with van der Waals surface area (Å²) in [5, 5.41) is 19.2. The molecule has 1 aliphatic rings. The molecule has 0 bridgehead atoms. The molecule has 0 aliphatic carbocycles. The number of nitrogens with zero attached hydrogens (tertiary/aromatic N) is 1. The Hall–Kier alpha value is -0.580. The third kappa shape index (κ3) is 3.00. The van der Waals surface area contributed by atoms with Gasteiger partial charge in [0.15, 0.2) is 0 Å². The van der Waals surface area contributed by atoms with Gasteiger partial charge in [-0.15, -0.1) is 0 Å². The van der Waals surface area contributed by atoms with Crippen LogP contribution in [0.5, 0.6) is 0 Å². The first kappa shape index (κ1) is 12.9. The molecule has 4 heteroatoms. The molecule has 1 heterocycles. The minimum absolute atomic E-state index is 0.223. The quantitative estimate of drug-likeness (QED) is 0.882. The highest BCUT2D eigenvalue weighted by atomic mass is 79.9. The van der Waals surface area contributed by atoms with Gasteiger partial charge in [-0.05, 0) is 37.5 Å². The monoisotopic (exact) mass is 299 g/mol. The predicted molar refractivity (Wildman–Crippen MR) is 72.2 cm³/mol. The fourth-order valence-electron chi connectivity index (χ4n) is 2.24. The van der Waals surface area contributed by atoms with E-state index in [1.165, 1.54) is 0 Å². The maximum Gasteiger partial charge on any atom is 0.0772 e. The van der Waals surface area contributed by atoms with Crippen LogP contribution in [0.2, 0.25) is 0 Å². The number of aliphatic hydroxyl groups is 2. The summed E-state index contributed by atoms with van der Waals surface area (Å²) in [5.74, 6) is 0. The second kappa shape index (κ2) is 5.38. The van der Waals surface area contributed by atoms with Gasteiger partial charge in [-0.2, -0.15) is 0 Å². The SMILES string of the molecule is C[C@H](O)c1ccc(N2CCCC(O)C2)cc1Br. The molecule has 1 aliphatic heterocycles. The first-order valence-corrected chi connectivity index (χ1v) is 6.77. The molecule has 3 nitrogen and oxygen atoms in total. The average Bonchev–Trinajstić information content (AvgIpc) is 2.28. The summed E-state index contributed by atoms with van der Waals surface area (Å²) < 4.78 is 0.921. The van der Waals surface area contributed by atoms with Crippen molar-refractivity contribution in [1.82, 2.24) is 0 Å². The Labute approximate surface area is 110 Å². The lowest BCUT2D eigenvalue weighted by Gasteiger charge is -2.32. The van der Waals surface area contributed by atoms with Crippen LogP contribution >= 0.6 is 15.9 Å². The number of rotatable bonds is 2. The van der Waals surface area contributed by atoms with Crippen molar-refractivity contribution in [2.75, 3.05) is 18.0 Å².